The van der Waals surface area contributed by atoms with Gasteiger partial charge in [0.2, 0.25) is 0 Å². The summed E-state index contributed by atoms with van der Waals surface area (Å²) in [4.78, 5) is 39.4. The summed E-state index contributed by atoms with van der Waals surface area (Å²) in [7, 11) is 2.85. The summed E-state index contributed by atoms with van der Waals surface area (Å²) in [5.41, 5.74) is 2.89. The Morgan fingerprint density at radius 1 is 1.24 bits per heavy atom. The average molecular weight is 474 g/mol. The van der Waals surface area contributed by atoms with Crippen molar-refractivity contribution in [2.24, 2.45) is 11.8 Å². The highest BCUT2D eigenvalue weighted by molar-refractivity contribution is 7.99. The zero-order valence-corrected chi connectivity index (χ0v) is 20.5. The normalized spacial score (nSPS) is 22.5. The largest absolute Gasteiger partial charge is 0.497 e. The van der Waals surface area contributed by atoms with Crippen molar-refractivity contribution in [1.29, 1.82) is 0 Å². The number of nitrogens with one attached hydrogen (secondary N) is 1. The van der Waals surface area contributed by atoms with Crippen molar-refractivity contribution in [3.8, 4) is 5.75 Å². The number of Topliss-reactive ketones (excluding diaryl/α,β-unsaturated/α-hetero) is 1. The van der Waals surface area contributed by atoms with E-state index >= 15 is 0 Å². The molecule has 178 valence electrons. The van der Waals surface area contributed by atoms with Gasteiger partial charge in [-0.05, 0) is 42.7 Å². The number of esters is 2. The molecular weight excluding hydrogens is 442 g/mol. The highest BCUT2D eigenvalue weighted by Crippen LogP contribution is 2.45. The number of rotatable bonds is 8. The van der Waals surface area contributed by atoms with Crippen LogP contribution in [0.15, 0.2) is 46.8 Å². The van der Waals surface area contributed by atoms with E-state index in [1.165, 1.54) is 7.11 Å². The van der Waals surface area contributed by atoms with Gasteiger partial charge in [0.25, 0.3) is 0 Å². The van der Waals surface area contributed by atoms with E-state index in [9.17, 15) is 14.4 Å². The van der Waals surface area contributed by atoms with Gasteiger partial charge in [0, 0.05) is 28.6 Å². The van der Waals surface area contributed by atoms with Gasteiger partial charge < -0.3 is 19.5 Å². The highest BCUT2D eigenvalue weighted by atomic mass is 32.2. The van der Waals surface area contributed by atoms with Crippen LogP contribution in [-0.2, 0) is 23.9 Å². The van der Waals surface area contributed by atoms with Gasteiger partial charge in [-0.25, -0.2) is 4.79 Å². The summed E-state index contributed by atoms with van der Waals surface area (Å²) >= 11 is 1.68. The molecule has 0 radical (unpaired) electrons. The molecule has 0 amide bonds. The first-order valence-corrected chi connectivity index (χ1v) is 12.2. The Balaban J connectivity index is 2.09. The number of carbonyl (C=O) groups excluding carboxylic acids is 3. The van der Waals surface area contributed by atoms with Crippen LogP contribution in [0.3, 0.4) is 0 Å². The Morgan fingerprint density at radius 2 is 2.00 bits per heavy atom. The highest BCUT2D eigenvalue weighted by Gasteiger charge is 2.47. The number of carbonyl (C=O) groups is 3. The van der Waals surface area contributed by atoms with Crippen LogP contribution in [0.2, 0.25) is 0 Å². The van der Waals surface area contributed by atoms with Crippen molar-refractivity contribution in [2.45, 2.75) is 33.1 Å². The van der Waals surface area contributed by atoms with Crippen LogP contribution in [0.1, 0.15) is 38.7 Å². The Hall–Kier alpha value is -2.74. The van der Waals surface area contributed by atoms with E-state index in [0.717, 1.165) is 17.0 Å². The summed E-state index contributed by atoms with van der Waals surface area (Å²) in [6.45, 7) is 6.00. The zero-order chi connectivity index (χ0) is 24.1. The first-order chi connectivity index (χ1) is 15.8. The van der Waals surface area contributed by atoms with Crippen molar-refractivity contribution in [1.82, 2.24) is 5.32 Å². The van der Waals surface area contributed by atoms with E-state index in [1.807, 2.05) is 39.0 Å². The maximum Gasteiger partial charge on any atom is 0.336 e. The maximum absolute atomic E-state index is 13.7. The minimum absolute atomic E-state index is 0.227. The molecule has 1 aliphatic carbocycles. The monoisotopic (exact) mass is 473 g/mol. The molecule has 0 spiro atoms. The molecule has 1 aromatic carbocycles. The van der Waals surface area contributed by atoms with E-state index in [-0.39, 0.29) is 18.3 Å². The van der Waals surface area contributed by atoms with Crippen molar-refractivity contribution in [2.75, 3.05) is 32.3 Å². The smallest absolute Gasteiger partial charge is 0.336 e. The molecule has 1 aliphatic heterocycles. The van der Waals surface area contributed by atoms with Crippen molar-refractivity contribution in [3.05, 3.63) is 52.4 Å². The van der Waals surface area contributed by atoms with Crippen molar-refractivity contribution >= 4 is 29.5 Å². The summed E-state index contributed by atoms with van der Waals surface area (Å²) < 4.78 is 15.9. The van der Waals surface area contributed by atoms with Gasteiger partial charge in [0.15, 0.2) is 5.78 Å². The predicted molar refractivity (Wildman–Crippen MR) is 127 cm³/mol. The van der Waals surface area contributed by atoms with Gasteiger partial charge in [-0.15, -0.1) is 0 Å². The second-order valence-electron chi connectivity index (χ2n) is 8.14. The van der Waals surface area contributed by atoms with E-state index < -0.39 is 23.8 Å². The molecule has 0 saturated carbocycles. The lowest BCUT2D eigenvalue weighted by Crippen LogP contribution is -2.43. The van der Waals surface area contributed by atoms with Crippen molar-refractivity contribution in [3.63, 3.8) is 0 Å². The Kier molecular flexibility index (Phi) is 8.24. The number of hydrogen-bond donors (Lipinski definition) is 1. The third-order valence-electron chi connectivity index (χ3n) is 6.06. The minimum Gasteiger partial charge on any atom is -0.497 e. The maximum atomic E-state index is 13.7. The topological polar surface area (TPSA) is 90.9 Å². The molecule has 7 nitrogen and oxygen atoms in total. The lowest BCUT2D eigenvalue weighted by Gasteiger charge is -2.38. The quantitative estimate of drug-likeness (QED) is 0.348. The molecule has 1 aromatic rings. The van der Waals surface area contributed by atoms with E-state index in [0.29, 0.717) is 34.8 Å². The van der Waals surface area contributed by atoms with Crippen LogP contribution in [0.4, 0.5) is 0 Å². The number of allylic oxidation sites excluding steroid dienone is 3. The van der Waals surface area contributed by atoms with Crippen LogP contribution in [0, 0.1) is 11.8 Å². The fourth-order valence-electron chi connectivity index (χ4n) is 4.52. The minimum atomic E-state index is -0.916. The summed E-state index contributed by atoms with van der Waals surface area (Å²) in [5.74, 6) is -0.933. The molecule has 0 bridgehead atoms. The van der Waals surface area contributed by atoms with Crippen LogP contribution in [-0.4, -0.2) is 50.1 Å². The van der Waals surface area contributed by atoms with Gasteiger partial charge >= 0.3 is 11.9 Å². The number of hydrogen-bond acceptors (Lipinski definition) is 8. The third kappa shape index (κ3) is 5.11. The van der Waals surface area contributed by atoms with Gasteiger partial charge in [-0.1, -0.05) is 26.0 Å². The molecule has 0 saturated heterocycles. The molecule has 1 heterocycles. The molecule has 33 heavy (non-hydrogen) atoms. The number of dihydropyridines is 1. The first-order valence-electron chi connectivity index (χ1n) is 11.1. The number of ketones is 1. The molecule has 0 aromatic heterocycles. The third-order valence-corrected chi connectivity index (χ3v) is 6.92. The molecular formula is C25H31NO6S. The lowest BCUT2D eigenvalue weighted by atomic mass is 9.69. The molecule has 3 atom stereocenters. The van der Waals surface area contributed by atoms with Crippen LogP contribution in [0.25, 0.3) is 0 Å². The van der Waals surface area contributed by atoms with E-state index in [1.54, 1.807) is 24.9 Å². The second-order valence-corrected chi connectivity index (χ2v) is 9.54. The summed E-state index contributed by atoms with van der Waals surface area (Å²) in [5, 5.41) is 3.27. The Morgan fingerprint density at radius 3 is 2.67 bits per heavy atom. The molecule has 1 N–H and O–H groups in total. The fourth-order valence-corrected chi connectivity index (χ4v) is 5.01. The Labute approximate surface area is 198 Å². The SMILES string of the molecule is CCSCCOC(=O)C1=C(C)NC2=C(C(=O)C(C(=O)OC)C(C)C2)C1c1cccc(OC)c1. The number of benzene rings is 1. The van der Waals surface area contributed by atoms with E-state index in [2.05, 4.69) is 5.32 Å². The second kappa shape index (κ2) is 10.9. The Bertz CT molecular complexity index is 998. The number of methoxy groups -OCH3 is 2. The van der Waals surface area contributed by atoms with Crippen LogP contribution >= 0.6 is 11.8 Å². The molecule has 3 unspecified atom stereocenters. The standard InChI is InChI=1S/C25H31NO6S/c1-6-33-11-10-32-25(29)20-15(3)26-18-12-14(2)19(24(28)31-5)23(27)22(18)21(20)16-8-7-9-17(13-16)30-4/h7-9,13-14,19,21,26H,6,10-12H2,1-5H3. The summed E-state index contributed by atoms with van der Waals surface area (Å²) in [6.07, 6.45) is 0.494. The van der Waals surface area contributed by atoms with Crippen LogP contribution < -0.4 is 10.1 Å². The molecule has 3 rings (SSSR count). The number of thioether (sulfide) groups is 1. The first kappa shape index (κ1) is 24.9. The molecule has 2 aliphatic rings. The fraction of sp³-hybridized carbons (Fsp3) is 0.480. The lowest BCUT2D eigenvalue weighted by molar-refractivity contribution is -0.151. The number of ether oxygens (including phenoxy) is 3. The predicted octanol–water partition coefficient (Wildman–Crippen LogP) is 3.60. The van der Waals surface area contributed by atoms with Crippen molar-refractivity contribution < 1.29 is 28.6 Å². The molecule has 8 heteroatoms. The average Bonchev–Trinajstić information content (AvgIpc) is 2.80. The molecule has 0 fully saturated rings. The summed E-state index contributed by atoms with van der Waals surface area (Å²) in [6, 6.07) is 7.29. The van der Waals surface area contributed by atoms with E-state index in [4.69, 9.17) is 14.2 Å². The van der Waals surface area contributed by atoms with Gasteiger partial charge in [0.05, 0.1) is 19.8 Å². The van der Waals surface area contributed by atoms with Crippen LogP contribution in [0.5, 0.6) is 5.75 Å². The van der Waals surface area contributed by atoms with Gasteiger partial charge in [-0.3, -0.25) is 9.59 Å². The van der Waals surface area contributed by atoms with Gasteiger partial charge in [-0.2, -0.15) is 11.8 Å². The van der Waals surface area contributed by atoms with Gasteiger partial charge in [0.1, 0.15) is 18.3 Å². The zero-order valence-electron chi connectivity index (χ0n) is 19.7.